The number of morpholine rings is 1. The topological polar surface area (TPSA) is 76.1 Å². The second-order valence-corrected chi connectivity index (χ2v) is 6.35. The summed E-state index contributed by atoms with van der Waals surface area (Å²) in [5.74, 6) is -1.19. The summed E-state index contributed by atoms with van der Waals surface area (Å²) >= 11 is 0. The molecule has 19 heavy (non-hydrogen) atoms. The molecular weight excluding hydrogens is 250 g/mol. The van der Waals surface area contributed by atoms with Crippen molar-refractivity contribution in [3.8, 4) is 0 Å². The number of rotatable bonds is 1. The van der Waals surface area contributed by atoms with E-state index in [9.17, 15) is 9.59 Å². The van der Waals surface area contributed by atoms with Crippen LogP contribution in [-0.2, 0) is 14.3 Å². The Morgan fingerprint density at radius 1 is 1.37 bits per heavy atom. The summed E-state index contributed by atoms with van der Waals surface area (Å²) in [7, 11) is 0. The third-order valence-electron chi connectivity index (χ3n) is 3.62. The lowest BCUT2D eigenvalue weighted by atomic mass is 9.67. The van der Waals surface area contributed by atoms with Gasteiger partial charge in [0.05, 0.1) is 24.7 Å². The van der Waals surface area contributed by atoms with Crippen molar-refractivity contribution in [3.63, 3.8) is 0 Å². The van der Waals surface area contributed by atoms with Crippen LogP contribution in [0.3, 0.4) is 0 Å². The molecule has 0 aromatic rings. The third kappa shape index (κ3) is 2.83. The maximum atomic E-state index is 12.2. The molecule has 1 aliphatic heterocycles. The van der Waals surface area contributed by atoms with Crippen molar-refractivity contribution in [2.24, 2.45) is 5.92 Å². The van der Waals surface area contributed by atoms with Gasteiger partial charge in [-0.05, 0) is 33.6 Å². The number of carboxylic acid groups (broad SMARTS) is 1. The summed E-state index contributed by atoms with van der Waals surface area (Å²) in [6.45, 7) is 6.78. The van der Waals surface area contributed by atoms with Crippen LogP contribution in [0.5, 0.6) is 0 Å². The van der Waals surface area contributed by atoms with Crippen molar-refractivity contribution >= 4 is 12.1 Å². The van der Waals surface area contributed by atoms with Crippen LogP contribution in [-0.4, -0.2) is 53.0 Å². The molecule has 2 aliphatic rings. The average molecular weight is 271 g/mol. The van der Waals surface area contributed by atoms with Gasteiger partial charge < -0.3 is 14.6 Å². The zero-order valence-electron chi connectivity index (χ0n) is 11.6. The summed E-state index contributed by atoms with van der Waals surface area (Å²) in [5.41, 5.74) is -1.03. The average Bonchev–Trinajstić information content (AvgIpc) is 2.22. The van der Waals surface area contributed by atoms with Crippen LogP contribution in [0.1, 0.15) is 33.6 Å². The fourth-order valence-corrected chi connectivity index (χ4v) is 2.71. The first-order valence-corrected chi connectivity index (χ1v) is 6.55. The lowest BCUT2D eigenvalue weighted by Crippen LogP contribution is -2.66. The van der Waals surface area contributed by atoms with E-state index in [1.807, 2.05) is 20.8 Å². The Bertz CT molecular complexity index is 381. The molecule has 1 spiro atoms. The number of carbonyl (C=O) groups is 2. The van der Waals surface area contributed by atoms with Crippen LogP contribution in [0.15, 0.2) is 0 Å². The van der Waals surface area contributed by atoms with E-state index in [2.05, 4.69) is 0 Å². The van der Waals surface area contributed by atoms with Crippen molar-refractivity contribution < 1.29 is 24.2 Å². The maximum Gasteiger partial charge on any atom is 0.410 e. The molecule has 0 radical (unpaired) electrons. The minimum absolute atomic E-state index is 0.375. The predicted octanol–water partition coefficient (Wildman–Crippen LogP) is 1.49. The molecule has 1 amide bonds. The zero-order chi connectivity index (χ0) is 14.3. The fourth-order valence-electron chi connectivity index (χ4n) is 2.71. The molecular formula is C13H21NO5. The first-order chi connectivity index (χ1) is 8.73. The summed E-state index contributed by atoms with van der Waals surface area (Å²) in [6.07, 6.45) is 0.517. The molecule has 0 bridgehead atoms. The summed E-state index contributed by atoms with van der Waals surface area (Å²) < 4.78 is 10.8. The number of carboxylic acids is 1. The highest BCUT2D eigenvalue weighted by Crippen LogP contribution is 2.44. The number of carbonyl (C=O) groups excluding carboxylic acids is 1. The van der Waals surface area contributed by atoms with Crippen molar-refractivity contribution in [2.75, 3.05) is 19.8 Å². The normalized spacial score (nSPS) is 30.9. The van der Waals surface area contributed by atoms with Gasteiger partial charge in [0.25, 0.3) is 0 Å². The van der Waals surface area contributed by atoms with Gasteiger partial charge in [-0.1, -0.05) is 0 Å². The van der Waals surface area contributed by atoms with Crippen molar-refractivity contribution in [2.45, 2.75) is 44.8 Å². The van der Waals surface area contributed by atoms with E-state index in [-0.39, 0.29) is 12.0 Å². The Labute approximate surface area is 112 Å². The quantitative estimate of drug-likeness (QED) is 0.782. The van der Waals surface area contributed by atoms with Crippen LogP contribution in [0.2, 0.25) is 0 Å². The zero-order valence-corrected chi connectivity index (χ0v) is 11.6. The Morgan fingerprint density at radius 2 is 2.00 bits per heavy atom. The summed E-state index contributed by atoms with van der Waals surface area (Å²) in [6, 6.07) is 0. The molecule has 108 valence electrons. The monoisotopic (exact) mass is 271 g/mol. The van der Waals surface area contributed by atoms with Gasteiger partial charge in [0.15, 0.2) is 0 Å². The Balaban J connectivity index is 2.06. The Hall–Kier alpha value is -1.30. The smallest absolute Gasteiger partial charge is 0.410 e. The molecule has 1 saturated heterocycles. The molecule has 1 heterocycles. The first-order valence-electron chi connectivity index (χ1n) is 6.55. The van der Waals surface area contributed by atoms with Gasteiger partial charge in [-0.25, -0.2) is 4.79 Å². The first kappa shape index (κ1) is 14.1. The number of aliphatic carboxylic acids is 1. The second kappa shape index (κ2) is 4.67. The fraction of sp³-hybridized carbons (Fsp3) is 0.846. The number of ether oxygens (including phenoxy) is 2. The van der Waals surface area contributed by atoms with Gasteiger partial charge in [-0.3, -0.25) is 9.69 Å². The maximum absolute atomic E-state index is 12.2. The molecule has 0 aromatic heterocycles. The number of nitrogens with zero attached hydrogens (tertiary/aromatic N) is 1. The Kier molecular flexibility index (Phi) is 3.47. The molecule has 1 saturated carbocycles. The minimum Gasteiger partial charge on any atom is -0.481 e. The van der Waals surface area contributed by atoms with Crippen LogP contribution in [0.25, 0.3) is 0 Å². The second-order valence-electron chi connectivity index (χ2n) is 6.35. The SMILES string of the molecule is CC(C)(C)OC(=O)N1CCOCC12CC(C(=O)O)C2. The molecule has 0 aromatic carbocycles. The highest BCUT2D eigenvalue weighted by atomic mass is 16.6. The van der Waals surface area contributed by atoms with Gasteiger partial charge in [-0.2, -0.15) is 0 Å². The molecule has 2 rings (SSSR count). The predicted molar refractivity (Wildman–Crippen MR) is 66.8 cm³/mol. The van der Waals surface area contributed by atoms with Crippen molar-refractivity contribution in [3.05, 3.63) is 0 Å². The molecule has 1 N–H and O–H groups in total. The number of amides is 1. The van der Waals surface area contributed by atoms with E-state index in [4.69, 9.17) is 14.6 Å². The lowest BCUT2D eigenvalue weighted by Gasteiger charge is -2.54. The molecule has 0 atom stereocenters. The van der Waals surface area contributed by atoms with E-state index in [1.165, 1.54) is 0 Å². The summed E-state index contributed by atoms with van der Waals surface area (Å²) in [5, 5.41) is 8.98. The highest BCUT2D eigenvalue weighted by molar-refractivity contribution is 5.74. The van der Waals surface area contributed by atoms with E-state index < -0.39 is 17.1 Å². The van der Waals surface area contributed by atoms with Gasteiger partial charge in [0, 0.05) is 6.54 Å². The van der Waals surface area contributed by atoms with Gasteiger partial charge in [0.2, 0.25) is 0 Å². The summed E-state index contributed by atoms with van der Waals surface area (Å²) in [4.78, 5) is 24.8. The van der Waals surface area contributed by atoms with Crippen LogP contribution in [0.4, 0.5) is 4.79 Å². The standard InChI is InChI=1S/C13H21NO5/c1-12(2,3)19-11(17)14-4-5-18-8-13(14)6-9(7-13)10(15)16/h9H,4-8H2,1-3H3,(H,15,16). The van der Waals surface area contributed by atoms with Crippen molar-refractivity contribution in [1.82, 2.24) is 4.90 Å². The van der Waals surface area contributed by atoms with Crippen LogP contribution < -0.4 is 0 Å². The Morgan fingerprint density at radius 3 is 2.53 bits per heavy atom. The molecule has 1 aliphatic carbocycles. The van der Waals surface area contributed by atoms with Gasteiger partial charge in [-0.15, -0.1) is 0 Å². The molecule has 6 heteroatoms. The largest absolute Gasteiger partial charge is 0.481 e. The number of hydrogen-bond acceptors (Lipinski definition) is 4. The van der Waals surface area contributed by atoms with E-state index >= 15 is 0 Å². The van der Waals surface area contributed by atoms with E-state index in [0.717, 1.165) is 0 Å². The van der Waals surface area contributed by atoms with E-state index in [1.54, 1.807) is 4.90 Å². The van der Waals surface area contributed by atoms with Crippen LogP contribution in [0, 0.1) is 5.92 Å². The molecule has 0 unspecified atom stereocenters. The van der Waals surface area contributed by atoms with Crippen molar-refractivity contribution in [1.29, 1.82) is 0 Å². The van der Waals surface area contributed by atoms with Gasteiger partial charge >= 0.3 is 12.1 Å². The highest BCUT2D eigenvalue weighted by Gasteiger charge is 2.55. The van der Waals surface area contributed by atoms with Crippen LogP contribution >= 0.6 is 0 Å². The minimum atomic E-state index is -0.805. The van der Waals surface area contributed by atoms with E-state index in [0.29, 0.717) is 32.6 Å². The van der Waals surface area contributed by atoms with Gasteiger partial charge in [0.1, 0.15) is 5.60 Å². The third-order valence-corrected chi connectivity index (χ3v) is 3.62. The molecule has 2 fully saturated rings. The lowest BCUT2D eigenvalue weighted by molar-refractivity contribution is -0.163. The molecule has 6 nitrogen and oxygen atoms in total. The number of hydrogen-bond donors (Lipinski definition) is 1.